The van der Waals surface area contributed by atoms with E-state index in [0.29, 0.717) is 17.9 Å². The Labute approximate surface area is 124 Å². The van der Waals surface area contributed by atoms with Crippen molar-refractivity contribution in [2.75, 3.05) is 5.32 Å². The van der Waals surface area contributed by atoms with Crippen LogP contribution in [0.1, 0.15) is 16.9 Å². The van der Waals surface area contributed by atoms with E-state index in [4.69, 9.17) is 4.52 Å². The van der Waals surface area contributed by atoms with Gasteiger partial charge in [-0.25, -0.2) is 0 Å². The Hall–Kier alpha value is -2.57. The highest BCUT2D eigenvalue weighted by molar-refractivity contribution is 5.99. The van der Waals surface area contributed by atoms with Crippen LogP contribution in [0.4, 0.5) is 18.9 Å². The van der Waals surface area contributed by atoms with E-state index < -0.39 is 17.6 Å². The lowest BCUT2D eigenvalue weighted by atomic mass is 10.2. The van der Waals surface area contributed by atoms with Crippen molar-refractivity contribution in [2.24, 2.45) is 0 Å². The molecule has 1 heterocycles. The number of hydrogen-bond donors (Lipinski definition) is 1. The van der Waals surface area contributed by atoms with Gasteiger partial charge in [0.05, 0.1) is 11.8 Å². The molecule has 0 aliphatic rings. The van der Waals surface area contributed by atoms with Gasteiger partial charge in [0.2, 0.25) is 5.91 Å². The summed E-state index contributed by atoms with van der Waals surface area (Å²) in [6.07, 6.45) is 0.588. The molecule has 1 aromatic carbocycles. The zero-order valence-corrected chi connectivity index (χ0v) is 11.6. The zero-order chi connectivity index (χ0) is 16.2. The average Bonchev–Trinajstić information content (AvgIpc) is 2.84. The van der Waals surface area contributed by atoms with Crippen molar-refractivity contribution < 1.29 is 22.5 Å². The number of carbonyl (C=O) groups is 1. The van der Waals surface area contributed by atoms with E-state index in [0.717, 1.165) is 17.7 Å². The molecule has 0 bridgehead atoms. The standard InChI is InChI=1S/C15H13F3N2O2/c1-10-11(9-19-22-10)3-2-4-14(21)20-13-7-5-12(6-8-13)15(16,17)18/h2,4-9H,3H2,1H3,(H,20,21)/b4-2+. The Morgan fingerprint density at radius 3 is 2.55 bits per heavy atom. The molecule has 2 aromatic rings. The number of rotatable bonds is 4. The van der Waals surface area contributed by atoms with Crippen molar-refractivity contribution in [1.29, 1.82) is 0 Å². The van der Waals surface area contributed by atoms with Crippen LogP contribution in [0.2, 0.25) is 0 Å². The van der Waals surface area contributed by atoms with Gasteiger partial charge in [-0.2, -0.15) is 13.2 Å². The molecule has 1 N–H and O–H groups in total. The molecule has 1 amide bonds. The minimum atomic E-state index is -4.39. The monoisotopic (exact) mass is 310 g/mol. The highest BCUT2D eigenvalue weighted by Crippen LogP contribution is 2.29. The lowest BCUT2D eigenvalue weighted by molar-refractivity contribution is -0.137. The van der Waals surface area contributed by atoms with E-state index in [9.17, 15) is 18.0 Å². The second-order valence-corrected chi connectivity index (χ2v) is 4.58. The Bertz CT molecular complexity index is 673. The van der Waals surface area contributed by atoms with Gasteiger partial charge in [0, 0.05) is 11.3 Å². The number of hydrogen-bond acceptors (Lipinski definition) is 3. The molecule has 0 unspecified atom stereocenters. The van der Waals surface area contributed by atoms with Crippen LogP contribution < -0.4 is 5.32 Å². The highest BCUT2D eigenvalue weighted by Gasteiger charge is 2.29. The second kappa shape index (κ2) is 6.46. The highest BCUT2D eigenvalue weighted by atomic mass is 19.4. The number of benzene rings is 1. The zero-order valence-electron chi connectivity index (χ0n) is 11.6. The number of alkyl halides is 3. The van der Waals surface area contributed by atoms with Crippen molar-refractivity contribution in [3.8, 4) is 0 Å². The first kappa shape index (κ1) is 15.8. The predicted molar refractivity (Wildman–Crippen MR) is 74.2 cm³/mol. The van der Waals surface area contributed by atoms with Crippen LogP contribution in [0, 0.1) is 6.92 Å². The van der Waals surface area contributed by atoms with Crippen LogP contribution >= 0.6 is 0 Å². The molecule has 0 fully saturated rings. The molecule has 0 aliphatic heterocycles. The summed E-state index contributed by atoms with van der Waals surface area (Å²) in [5.41, 5.74) is 0.395. The fourth-order valence-electron chi connectivity index (χ4n) is 1.73. The van der Waals surface area contributed by atoms with E-state index in [2.05, 4.69) is 10.5 Å². The van der Waals surface area contributed by atoms with E-state index in [-0.39, 0.29) is 0 Å². The molecule has 7 heteroatoms. The molecule has 116 valence electrons. The number of aryl methyl sites for hydroxylation is 1. The Kier molecular flexibility index (Phi) is 4.65. The van der Waals surface area contributed by atoms with Gasteiger partial charge in [-0.15, -0.1) is 0 Å². The van der Waals surface area contributed by atoms with Crippen molar-refractivity contribution in [1.82, 2.24) is 5.16 Å². The molecule has 0 saturated carbocycles. The van der Waals surface area contributed by atoms with Gasteiger partial charge < -0.3 is 9.84 Å². The maximum absolute atomic E-state index is 12.4. The number of nitrogens with zero attached hydrogens (tertiary/aromatic N) is 1. The second-order valence-electron chi connectivity index (χ2n) is 4.58. The first-order valence-corrected chi connectivity index (χ1v) is 6.41. The molecule has 0 aliphatic carbocycles. The van der Waals surface area contributed by atoms with E-state index in [1.165, 1.54) is 18.2 Å². The van der Waals surface area contributed by atoms with Crippen molar-refractivity contribution >= 4 is 11.6 Å². The third kappa shape index (κ3) is 4.21. The van der Waals surface area contributed by atoms with Crippen LogP contribution in [-0.4, -0.2) is 11.1 Å². The summed E-state index contributed by atoms with van der Waals surface area (Å²) in [7, 11) is 0. The van der Waals surface area contributed by atoms with Gasteiger partial charge in [0.1, 0.15) is 5.76 Å². The van der Waals surface area contributed by atoms with E-state index in [1.807, 2.05) is 0 Å². The van der Waals surface area contributed by atoms with Crippen molar-refractivity contribution in [2.45, 2.75) is 19.5 Å². The third-order valence-corrected chi connectivity index (χ3v) is 2.94. The lowest BCUT2D eigenvalue weighted by Gasteiger charge is -2.07. The summed E-state index contributed by atoms with van der Waals surface area (Å²) in [6, 6.07) is 4.25. The van der Waals surface area contributed by atoms with Gasteiger partial charge in [0.15, 0.2) is 0 Å². The van der Waals surface area contributed by atoms with Gasteiger partial charge in [-0.3, -0.25) is 4.79 Å². The predicted octanol–water partition coefficient (Wildman–Crippen LogP) is 3.74. The van der Waals surface area contributed by atoms with Crippen LogP contribution in [0.25, 0.3) is 0 Å². The average molecular weight is 310 g/mol. The molecule has 22 heavy (non-hydrogen) atoms. The Morgan fingerprint density at radius 2 is 2.00 bits per heavy atom. The minimum absolute atomic E-state index is 0.295. The Morgan fingerprint density at radius 1 is 1.32 bits per heavy atom. The fraction of sp³-hybridized carbons (Fsp3) is 0.200. The number of amides is 1. The first-order chi connectivity index (χ1) is 10.4. The smallest absolute Gasteiger partial charge is 0.361 e. The van der Waals surface area contributed by atoms with E-state index in [1.54, 1.807) is 19.2 Å². The third-order valence-electron chi connectivity index (χ3n) is 2.94. The molecule has 0 atom stereocenters. The maximum atomic E-state index is 12.4. The Balaban J connectivity index is 1.90. The van der Waals surface area contributed by atoms with Crippen LogP contribution in [0.15, 0.2) is 47.1 Å². The van der Waals surface area contributed by atoms with Crippen LogP contribution in [0.3, 0.4) is 0 Å². The molecule has 4 nitrogen and oxygen atoms in total. The molecule has 2 rings (SSSR count). The molecule has 0 spiro atoms. The number of carbonyl (C=O) groups excluding carboxylic acids is 1. The van der Waals surface area contributed by atoms with Crippen LogP contribution in [0.5, 0.6) is 0 Å². The molecule has 0 saturated heterocycles. The number of halogens is 3. The minimum Gasteiger partial charge on any atom is -0.361 e. The van der Waals surface area contributed by atoms with Crippen LogP contribution in [-0.2, 0) is 17.4 Å². The number of aromatic nitrogens is 1. The summed E-state index contributed by atoms with van der Waals surface area (Å²) in [6.45, 7) is 1.76. The van der Waals surface area contributed by atoms with Gasteiger partial charge >= 0.3 is 6.18 Å². The quantitative estimate of drug-likeness (QED) is 0.875. The maximum Gasteiger partial charge on any atom is 0.416 e. The largest absolute Gasteiger partial charge is 0.416 e. The summed E-state index contributed by atoms with van der Waals surface area (Å²) in [5.74, 6) is 0.252. The van der Waals surface area contributed by atoms with Gasteiger partial charge in [0.25, 0.3) is 0 Å². The lowest BCUT2D eigenvalue weighted by Crippen LogP contribution is -2.09. The van der Waals surface area contributed by atoms with Gasteiger partial charge in [-0.05, 0) is 43.7 Å². The number of allylic oxidation sites excluding steroid dienone is 1. The van der Waals surface area contributed by atoms with Crippen molar-refractivity contribution in [3.05, 3.63) is 59.5 Å². The topological polar surface area (TPSA) is 55.1 Å². The molecular formula is C15H13F3N2O2. The molecule has 1 aromatic heterocycles. The summed E-state index contributed by atoms with van der Waals surface area (Å²) in [5, 5.41) is 6.10. The van der Waals surface area contributed by atoms with Gasteiger partial charge in [-0.1, -0.05) is 11.2 Å². The summed E-state index contributed by atoms with van der Waals surface area (Å²) in [4.78, 5) is 11.6. The summed E-state index contributed by atoms with van der Waals surface area (Å²) < 4.78 is 42.1. The SMILES string of the molecule is Cc1oncc1C/C=C/C(=O)Nc1ccc(C(F)(F)F)cc1. The normalized spacial score (nSPS) is 11.8. The van der Waals surface area contributed by atoms with Crippen molar-refractivity contribution in [3.63, 3.8) is 0 Å². The number of nitrogens with one attached hydrogen (secondary N) is 1. The first-order valence-electron chi connectivity index (χ1n) is 6.41. The van der Waals surface area contributed by atoms with E-state index >= 15 is 0 Å². The molecular weight excluding hydrogens is 297 g/mol. The number of anilines is 1. The molecule has 0 radical (unpaired) electrons. The summed E-state index contributed by atoms with van der Waals surface area (Å²) >= 11 is 0. The fourth-order valence-corrected chi connectivity index (χ4v) is 1.73.